The lowest BCUT2D eigenvalue weighted by molar-refractivity contribution is 0.504. The highest BCUT2D eigenvalue weighted by Gasteiger charge is 1.87. The zero-order chi connectivity index (χ0) is 12.9. The third-order valence-corrected chi connectivity index (χ3v) is 2.83. The van der Waals surface area contributed by atoms with Crippen LogP contribution in [0.1, 0.15) is 76.7 Å². The van der Waals surface area contributed by atoms with Crippen LogP contribution in [0.3, 0.4) is 0 Å². The zero-order valence-electron chi connectivity index (χ0n) is 12.2. The van der Waals surface area contributed by atoms with Gasteiger partial charge in [-0.05, 0) is 26.0 Å². The highest BCUT2D eigenvalue weighted by molar-refractivity contribution is 5.02. The minimum Gasteiger partial charge on any atom is -0.467 e. The van der Waals surface area contributed by atoms with E-state index in [1.807, 2.05) is 26.0 Å². The Labute approximate surface area is 108 Å². The smallest absolute Gasteiger partial charge is 0.101 e. The van der Waals surface area contributed by atoms with Gasteiger partial charge in [0.2, 0.25) is 0 Å². The van der Waals surface area contributed by atoms with Crippen LogP contribution in [0.5, 0.6) is 0 Å². The Balaban J connectivity index is 0.000000318. The summed E-state index contributed by atoms with van der Waals surface area (Å²) < 4.78 is 5.08. The quantitative estimate of drug-likeness (QED) is 0.527. The second-order valence-corrected chi connectivity index (χ2v) is 4.78. The average molecular weight is 238 g/mol. The predicted octanol–water partition coefficient (Wildman–Crippen LogP) is 6.04. The first kappa shape index (κ1) is 16.3. The Morgan fingerprint density at radius 2 is 1.06 bits per heavy atom. The molecular formula is C16H30O. The van der Waals surface area contributed by atoms with Gasteiger partial charge < -0.3 is 4.42 Å². The third-order valence-electron chi connectivity index (χ3n) is 2.83. The molecule has 0 fully saturated rings. The molecule has 0 aliphatic rings. The molecule has 0 bridgehead atoms. The van der Waals surface area contributed by atoms with Gasteiger partial charge in [0.15, 0.2) is 0 Å². The lowest BCUT2D eigenvalue weighted by Gasteiger charge is -1.97. The van der Waals surface area contributed by atoms with Crippen LogP contribution >= 0.6 is 0 Å². The van der Waals surface area contributed by atoms with Crippen LogP contribution < -0.4 is 0 Å². The summed E-state index contributed by atoms with van der Waals surface area (Å²) in [5.74, 6) is 1.97. The van der Waals surface area contributed by atoms with Gasteiger partial charge in [0.05, 0.1) is 0 Å². The Bertz CT molecular complexity index is 225. The summed E-state index contributed by atoms with van der Waals surface area (Å²) in [6.45, 7) is 8.41. The van der Waals surface area contributed by atoms with Gasteiger partial charge in [-0.2, -0.15) is 0 Å². The van der Waals surface area contributed by atoms with E-state index in [0.29, 0.717) is 0 Å². The molecule has 0 aromatic carbocycles. The molecule has 0 atom stereocenters. The van der Waals surface area contributed by atoms with Crippen molar-refractivity contribution >= 4 is 0 Å². The van der Waals surface area contributed by atoms with E-state index in [1.54, 1.807) is 0 Å². The summed E-state index contributed by atoms with van der Waals surface area (Å²) in [6, 6.07) is 3.91. The van der Waals surface area contributed by atoms with Gasteiger partial charge in [0.1, 0.15) is 11.5 Å². The van der Waals surface area contributed by atoms with Crippen molar-refractivity contribution in [3.63, 3.8) is 0 Å². The van der Waals surface area contributed by atoms with Crippen molar-refractivity contribution in [1.29, 1.82) is 0 Å². The van der Waals surface area contributed by atoms with Crippen molar-refractivity contribution in [3.8, 4) is 0 Å². The summed E-state index contributed by atoms with van der Waals surface area (Å²) in [6.07, 6.45) is 11.5. The molecule has 1 aromatic rings. The maximum absolute atomic E-state index is 5.08. The Kier molecular flexibility index (Phi) is 11.3. The van der Waals surface area contributed by atoms with Crippen molar-refractivity contribution in [3.05, 3.63) is 23.7 Å². The molecule has 0 spiro atoms. The third kappa shape index (κ3) is 11.5. The van der Waals surface area contributed by atoms with Gasteiger partial charge in [0.25, 0.3) is 0 Å². The summed E-state index contributed by atoms with van der Waals surface area (Å²) in [4.78, 5) is 0. The molecule has 1 rings (SSSR count). The Morgan fingerprint density at radius 1 is 0.706 bits per heavy atom. The minimum absolute atomic E-state index is 0.984. The van der Waals surface area contributed by atoms with Crippen LogP contribution in [-0.2, 0) is 0 Å². The second kappa shape index (κ2) is 11.8. The van der Waals surface area contributed by atoms with Gasteiger partial charge in [-0.25, -0.2) is 0 Å². The van der Waals surface area contributed by atoms with Crippen LogP contribution in [0.2, 0.25) is 0 Å². The molecule has 0 amide bonds. The molecule has 0 N–H and O–H groups in total. The molecule has 0 saturated carbocycles. The predicted molar refractivity (Wildman–Crippen MR) is 76.5 cm³/mol. The molecule has 0 saturated heterocycles. The Morgan fingerprint density at radius 3 is 1.29 bits per heavy atom. The van der Waals surface area contributed by atoms with Gasteiger partial charge >= 0.3 is 0 Å². The summed E-state index contributed by atoms with van der Waals surface area (Å²) in [5, 5.41) is 0. The first-order valence-corrected chi connectivity index (χ1v) is 7.23. The largest absolute Gasteiger partial charge is 0.467 e. The molecule has 1 aromatic heterocycles. The molecule has 0 unspecified atom stereocenters. The molecular weight excluding hydrogens is 208 g/mol. The first-order valence-electron chi connectivity index (χ1n) is 7.23. The van der Waals surface area contributed by atoms with E-state index in [-0.39, 0.29) is 0 Å². The number of unbranched alkanes of at least 4 members (excludes halogenated alkanes) is 7. The molecule has 0 aliphatic heterocycles. The molecule has 0 radical (unpaired) electrons. The van der Waals surface area contributed by atoms with Crippen molar-refractivity contribution in [1.82, 2.24) is 0 Å². The zero-order valence-corrected chi connectivity index (χ0v) is 12.2. The highest BCUT2D eigenvalue weighted by Crippen LogP contribution is 2.07. The number of hydrogen-bond acceptors (Lipinski definition) is 1. The first-order chi connectivity index (χ1) is 8.20. The summed E-state index contributed by atoms with van der Waals surface area (Å²) in [5.41, 5.74) is 0. The van der Waals surface area contributed by atoms with E-state index in [2.05, 4.69) is 13.8 Å². The van der Waals surface area contributed by atoms with Crippen molar-refractivity contribution in [2.75, 3.05) is 0 Å². The molecule has 1 heterocycles. The standard InChI is InChI=1S/C10H22.C6H8O/c1-3-5-7-9-10-8-6-4-2;1-5-3-4-6(2)7-5/h3-10H2,1-2H3;3-4H,1-2H3. The van der Waals surface area contributed by atoms with Crippen LogP contribution in [-0.4, -0.2) is 0 Å². The van der Waals surface area contributed by atoms with Crippen molar-refractivity contribution in [2.45, 2.75) is 79.1 Å². The van der Waals surface area contributed by atoms with E-state index in [0.717, 1.165) is 11.5 Å². The molecule has 17 heavy (non-hydrogen) atoms. The van der Waals surface area contributed by atoms with Gasteiger partial charge in [-0.1, -0.05) is 65.2 Å². The fraction of sp³-hybridized carbons (Fsp3) is 0.750. The van der Waals surface area contributed by atoms with Crippen LogP contribution in [0.25, 0.3) is 0 Å². The number of rotatable bonds is 7. The van der Waals surface area contributed by atoms with Crippen molar-refractivity contribution < 1.29 is 4.42 Å². The monoisotopic (exact) mass is 238 g/mol. The average Bonchev–Trinajstić information content (AvgIpc) is 2.68. The van der Waals surface area contributed by atoms with Gasteiger partial charge in [-0.15, -0.1) is 0 Å². The van der Waals surface area contributed by atoms with Crippen LogP contribution in [0, 0.1) is 13.8 Å². The SMILES string of the molecule is CCCCCCCCCC.Cc1ccc(C)o1. The fourth-order valence-electron chi connectivity index (χ4n) is 1.76. The lowest BCUT2D eigenvalue weighted by Crippen LogP contribution is -1.77. The second-order valence-electron chi connectivity index (χ2n) is 4.78. The highest BCUT2D eigenvalue weighted by atomic mass is 16.3. The van der Waals surface area contributed by atoms with E-state index in [9.17, 15) is 0 Å². The molecule has 100 valence electrons. The van der Waals surface area contributed by atoms with Gasteiger partial charge in [-0.3, -0.25) is 0 Å². The minimum atomic E-state index is 0.984. The van der Waals surface area contributed by atoms with E-state index >= 15 is 0 Å². The summed E-state index contributed by atoms with van der Waals surface area (Å²) >= 11 is 0. The number of furan rings is 1. The number of hydrogen-bond donors (Lipinski definition) is 0. The van der Waals surface area contributed by atoms with Crippen LogP contribution in [0.15, 0.2) is 16.5 Å². The van der Waals surface area contributed by atoms with E-state index in [4.69, 9.17) is 4.42 Å². The van der Waals surface area contributed by atoms with Gasteiger partial charge in [0, 0.05) is 0 Å². The fourth-order valence-corrected chi connectivity index (χ4v) is 1.76. The molecule has 0 aliphatic carbocycles. The van der Waals surface area contributed by atoms with Crippen molar-refractivity contribution in [2.24, 2.45) is 0 Å². The molecule has 1 nitrogen and oxygen atoms in total. The maximum Gasteiger partial charge on any atom is 0.101 e. The van der Waals surface area contributed by atoms with Crippen LogP contribution in [0.4, 0.5) is 0 Å². The van der Waals surface area contributed by atoms with E-state index < -0.39 is 0 Å². The van der Waals surface area contributed by atoms with E-state index in [1.165, 1.54) is 51.4 Å². The lowest BCUT2D eigenvalue weighted by atomic mass is 10.1. The maximum atomic E-state index is 5.08. The summed E-state index contributed by atoms with van der Waals surface area (Å²) in [7, 11) is 0. The normalized spacial score (nSPS) is 9.88. The molecule has 1 heteroatoms. The Hall–Kier alpha value is -0.720. The topological polar surface area (TPSA) is 13.1 Å². The number of aryl methyl sites for hydroxylation is 2.